The SMILES string of the molecule is COCCCC[SiH](OC)OC. The van der Waals surface area contributed by atoms with Crippen LogP contribution in [0, 0.1) is 0 Å². The molecule has 0 bridgehead atoms. The summed E-state index contributed by atoms with van der Waals surface area (Å²) in [5.41, 5.74) is 0. The van der Waals surface area contributed by atoms with Gasteiger partial charge in [0.1, 0.15) is 0 Å². The molecule has 0 aromatic heterocycles. The van der Waals surface area contributed by atoms with E-state index in [2.05, 4.69) is 0 Å². The fraction of sp³-hybridized carbons (Fsp3) is 1.00. The van der Waals surface area contributed by atoms with Crippen LogP contribution in [0.25, 0.3) is 0 Å². The highest BCUT2D eigenvalue weighted by atomic mass is 28.3. The Labute approximate surface area is 70.5 Å². The van der Waals surface area contributed by atoms with Crippen LogP contribution in [0.3, 0.4) is 0 Å². The number of ether oxygens (including phenoxy) is 1. The fourth-order valence-corrected chi connectivity index (χ4v) is 2.18. The summed E-state index contributed by atoms with van der Waals surface area (Å²) in [4.78, 5) is 0. The molecule has 0 radical (unpaired) electrons. The van der Waals surface area contributed by atoms with Crippen LogP contribution in [0.15, 0.2) is 0 Å². The van der Waals surface area contributed by atoms with Gasteiger partial charge in [0, 0.05) is 27.9 Å². The van der Waals surface area contributed by atoms with Gasteiger partial charge >= 0.3 is 9.28 Å². The fourth-order valence-electron chi connectivity index (χ4n) is 0.889. The molecule has 0 fully saturated rings. The lowest BCUT2D eigenvalue weighted by Crippen LogP contribution is -2.18. The average molecular weight is 178 g/mol. The molecule has 0 saturated carbocycles. The summed E-state index contributed by atoms with van der Waals surface area (Å²) in [6.07, 6.45) is 2.25. The molecule has 0 aromatic carbocycles. The molecule has 0 aromatic rings. The number of hydrogen-bond donors (Lipinski definition) is 0. The van der Waals surface area contributed by atoms with E-state index in [1.165, 1.54) is 0 Å². The van der Waals surface area contributed by atoms with Crippen molar-refractivity contribution >= 4 is 9.28 Å². The zero-order valence-corrected chi connectivity index (χ0v) is 8.79. The van der Waals surface area contributed by atoms with Gasteiger partial charge in [-0.3, -0.25) is 0 Å². The molecule has 68 valence electrons. The van der Waals surface area contributed by atoms with Gasteiger partial charge in [-0.25, -0.2) is 0 Å². The van der Waals surface area contributed by atoms with Crippen molar-refractivity contribution in [2.24, 2.45) is 0 Å². The Kier molecular flexibility index (Phi) is 8.27. The minimum atomic E-state index is -1.29. The first-order valence-electron chi connectivity index (χ1n) is 3.89. The van der Waals surface area contributed by atoms with Crippen molar-refractivity contribution < 1.29 is 13.6 Å². The molecule has 11 heavy (non-hydrogen) atoms. The van der Waals surface area contributed by atoms with Crippen LogP contribution in [0.5, 0.6) is 0 Å². The first-order chi connectivity index (χ1) is 5.35. The molecule has 0 aliphatic rings. The van der Waals surface area contributed by atoms with Gasteiger partial charge in [-0.2, -0.15) is 0 Å². The minimum Gasteiger partial charge on any atom is -0.400 e. The normalized spacial score (nSPS) is 10.9. The number of rotatable bonds is 7. The Bertz CT molecular complexity index is 76.1. The highest BCUT2D eigenvalue weighted by Crippen LogP contribution is 2.02. The zero-order chi connectivity index (χ0) is 8.53. The second kappa shape index (κ2) is 8.20. The van der Waals surface area contributed by atoms with Crippen LogP contribution in [-0.4, -0.2) is 37.2 Å². The number of hydrogen-bond acceptors (Lipinski definition) is 3. The summed E-state index contributed by atoms with van der Waals surface area (Å²) in [6.45, 7) is 0.842. The molecule has 0 rings (SSSR count). The van der Waals surface area contributed by atoms with E-state index >= 15 is 0 Å². The van der Waals surface area contributed by atoms with Crippen molar-refractivity contribution in [3.05, 3.63) is 0 Å². The monoisotopic (exact) mass is 178 g/mol. The van der Waals surface area contributed by atoms with Gasteiger partial charge in [0.05, 0.1) is 0 Å². The third kappa shape index (κ3) is 6.49. The van der Waals surface area contributed by atoms with Gasteiger partial charge < -0.3 is 13.6 Å². The van der Waals surface area contributed by atoms with Gasteiger partial charge in [-0.15, -0.1) is 0 Å². The smallest absolute Gasteiger partial charge is 0.320 e. The van der Waals surface area contributed by atoms with Crippen LogP contribution in [0.2, 0.25) is 6.04 Å². The molecule has 0 heterocycles. The third-order valence-electron chi connectivity index (χ3n) is 1.56. The standard InChI is InChI=1S/C7H18O3Si/c1-8-6-4-5-7-11(9-2)10-3/h11H,4-7H2,1-3H3. The molecule has 4 heteroatoms. The van der Waals surface area contributed by atoms with Crippen molar-refractivity contribution in [3.8, 4) is 0 Å². The first kappa shape index (κ1) is 11.1. The minimum absolute atomic E-state index is 0.842. The Morgan fingerprint density at radius 3 is 2.09 bits per heavy atom. The maximum atomic E-state index is 5.16. The van der Waals surface area contributed by atoms with Crippen LogP contribution >= 0.6 is 0 Å². The quantitative estimate of drug-likeness (QED) is 0.429. The Morgan fingerprint density at radius 2 is 1.64 bits per heavy atom. The lowest BCUT2D eigenvalue weighted by Gasteiger charge is -2.09. The van der Waals surface area contributed by atoms with Gasteiger partial charge in [-0.1, -0.05) is 0 Å². The van der Waals surface area contributed by atoms with E-state index in [9.17, 15) is 0 Å². The first-order valence-corrected chi connectivity index (χ1v) is 5.65. The summed E-state index contributed by atoms with van der Waals surface area (Å²) < 4.78 is 15.2. The Balaban J connectivity index is 3.07. The molecule has 0 N–H and O–H groups in total. The molecule has 0 aliphatic heterocycles. The summed E-state index contributed by atoms with van der Waals surface area (Å²) >= 11 is 0. The van der Waals surface area contributed by atoms with E-state index in [4.69, 9.17) is 13.6 Å². The summed E-state index contributed by atoms with van der Waals surface area (Å²) in [6, 6.07) is 1.08. The van der Waals surface area contributed by atoms with Gasteiger partial charge in [0.25, 0.3) is 0 Å². The lowest BCUT2D eigenvalue weighted by atomic mass is 10.4. The predicted octanol–water partition coefficient (Wildman–Crippen LogP) is 0.926. The van der Waals surface area contributed by atoms with Crippen LogP contribution in [0.4, 0.5) is 0 Å². The van der Waals surface area contributed by atoms with Crippen LogP contribution in [0.1, 0.15) is 12.8 Å². The van der Waals surface area contributed by atoms with Crippen molar-refractivity contribution in [2.75, 3.05) is 27.9 Å². The highest BCUT2D eigenvalue weighted by molar-refractivity contribution is 6.44. The molecule has 0 spiro atoms. The van der Waals surface area contributed by atoms with Crippen LogP contribution < -0.4 is 0 Å². The molecule has 0 atom stereocenters. The Hall–Kier alpha value is 0.0969. The summed E-state index contributed by atoms with van der Waals surface area (Å²) in [5, 5.41) is 0. The second-order valence-corrected chi connectivity index (χ2v) is 4.77. The van der Waals surface area contributed by atoms with E-state index in [-0.39, 0.29) is 0 Å². The molecule has 0 amide bonds. The maximum absolute atomic E-state index is 5.16. The predicted molar refractivity (Wildman–Crippen MR) is 47.1 cm³/mol. The van der Waals surface area contributed by atoms with Gasteiger partial charge in [0.2, 0.25) is 0 Å². The second-order valence-electron chi connectivity index (χ2n) is 2.39. The van der Waals surface area contributed by atoms with E-state index < -0.39 is 9.28 Å². The molecule has 0 unspecified atom stereocenters. The highest BCUT2D eigenvalue weighted by Gasteiger charge is 2.07. The van der Waals surface area contributed by atoms with Crippen LogP contribution in [-0.2, 0) is 13.6 Å². The van der Waals surface area contributed by atoms with Crippen molar-refractivity contribution in [3.63, 3.8) is 0 Å². The van der Waals surface area contributed by atoms with E-state index in [1.54, 1.807) is 21.3 Å². The number of methoxy groups -OCH3 is 1. The topological polar surface area (TPSA) is 27.7 Å². The van der Waals surface area contributed by atoms with Crippen molar-refractivity contribution in [1.82, 2.24) is 0 Å². The largest absolute Gasteiger partial charge is 0.400 e. The molecule has 3 nitrogen and oxygen atoms in total. The van der Waals surface area contributed by atoms with E-state index in [1.807, 2.05) is 0 Å². The summed E-state index contributed by atoms with van der Waals surface area (Å²) in [5.74, 6) is 0. The lowest BCUT2D eigenvalue weighted by molar-refractivity contribution is 0.192. The Morgan fingerprint density at radius 1 is 1.00 bits per heavy atom. The average Bonchev–Trinajstić information content (AvgIpc) is 2.05. The van der Waals surface area contributed by atoms with E-state index in [0.29, 0.717) is 0 Å². The van der Waals surface area contributed by atoms with Crippen molar-refractivity contribution in [1.29, 1.82) is 0 Å². The molecular formula is C7H18O3Si. The van der Waals surface area contributed by atoms with Gasteiger partial charge in [-0.05, 0) is 18.9 Å². The van der Waals surface area contributed by atoms with Crippen molar-refractivity contribution in [2.45, 2.75) is 18.9 Å². The van der Waals surface area contributed by atoms with Gasteiger partial charge in [0.15, 0.2) is 0 Å². The molecular weight excluding hydrogens is 160 g/mol. The maximum Gasteiger partial charge on any atom is 0.320 e. The molecule has 0 aliphatic carbocycles. The van der Waals surface area contributed by atoms with E-state index in [0.717, 1.165) is 25.5 Å². The number of unbranched alkanes of at least 4 members (excludes halogenated alkanes) is 1. The summed E-state index contributed by atoms with van der Waals surface area (Å²) in [7, 11) is 3.87. The third-order valence-corrected chi connectivity index (χ3v) is 3.50. The zero-order valence-electron chi connectivity index (χ0n) is 7.63. The molecule has 0 saturated heterocycles.